The van der Waals surface area contributed by atoms with Crippen molar-refractivity contribution < 1.29 is 19.0 Å². The average Bonchev–Trinajstić information content (AvgIpc) is 2.65. The number of nitrogens with one attached hydrogen (secondary N) is 1. The normalized spacial score (nSPS) is 18.2. The van der Waals surface area contributed by atoms with Crippen LogP contribution in [0.3, 0.4) is 0 Å². The largest absolute Gasteiger partial charge is 0.497 e. The summed E-state index contributed by atoms with van der Waals surface area (Å²) in [6, 6.07) is 11.6. The Kier molecular flexibility index (Phi) is 6.06. The Balaban J connectivity index is 1.79. The van der Waals surface area contributed by atoms with Crippen molar-refractivity contribution in [3.63, 3.8) is 0 Å². The average molecular weight is 398 g/mol. The summed E-state index contributed by atoms with van der Waals surface area (Å²) in [7, 11) is 1.63. The van der Waals surface area contributed by atoms with E-state index in [1.165, 1.54) is 5.56 Å². The fraction of sp³-hybridized carbons (Fsp3) is 0.458. The molecule has 0 saturated carbocycles. The minimum Gasteiger partial charge on any atom is -0.497 e. The molecule has 29 heavy (non-hydrogen) atoms. The van der Waals surface area contributed by atoms with Crippen LogP contribution in [0.25, 0.3) is 0 Å². The molecule has 1 amide bonds. The monoisotopic (exact) mass is 397 g/mol. The first-order valence-corrected chi connectivity index (χ1v) is 10.1. The van der Waals surface area contributed by atoms with Gasteiger partial charge in [0, 0.05) is 18.1 Å². The lowest BCUT2D eigenvalue weighted by molar-refractivity contribution is -0.129. The van der Waals surface area contributed by atoms with Crippen molar-refractivity contribution in [2.75, 3.05) is 7.11 Å². The van der Waals surface area contributed by atoms with Crippen molar-refractivity contribution in [1.82, 2.24) is 5.32 Å². The zero-order valence-corrected chi connectivity index (χ0v) is 18.2. The van der Waals surface area contributed by atoms with Gasteiger partial charge in [-0.3, -0.25) is 4.79 Å². The topological polar surface area (TPSA) is 56.8 Å². The van der Waals surface area contributed by atoms with E-state index in [4.69, 9.17) is 14.2 Å². The molecule has 5 heteroatoms. The molecule has 0 unspecified atom stereocenters. The lowest BCUT2D eigenvalue weighted by Gasteiger charge is -2.38. The molecular weight excluding hydrogens is 366 g/mol. The third-order valence-corrected chi connectivity index (χ3v) is 5.26. The Morgan fingerprint density at radius 3 is 2.66 bits per heavy atom. The molecule has 0 aliphatic carbocycles. The van der Waals surface area contributed by atoms with Gasteiger partial charge in [-0.2, -0.15) is 0 Å². The van der Waals surface area contributed by atoms with Crippen LogP contribution in [0, 0.1) is 13.8 Å². The smallest absolute Gasteiger partial charge is 0.261 e. The minimum absolute atomic E-state index is 0.114. The number of amides is 1. The summed E-state index contributed by atoms with van der Waals surface area (Å²) in [5.41, 5.74) is 2.76. The summed E-state index contributed by atoms with van der Waals surface area (Å²) >= 11 is 0. The molecule has 0 spiro atoms. The van der Waals surface area contributed by atoms with Crippen LogP contribution in [0.4, 0.5) is 0 Å². The molecule has 0 bridgehead atoms. The number of ether oxygens (including phenoxy) is 3. The predicted octanol–water partition coefficient (Wildman–Crippen LogP) is 4.89. The Labute approximate surface area is 173 Å². The second kappa shape index (κ2) is 8.36. The summed E-state index contributed by atoms with van der Waals surface area (Å²) in [5.74, 6) is 2.11. The molecule has 0 saturated heterocycles. The van der Waals surface area contributed by atoms with Crippen LogP contribution in [0.1, 0.15) is 56.3 Å². The fourth-order valence-electron chi connectivity index (χ4n) is 3.76. The Bertz CT molecular complexity index is 890. The van der Waals surface area contributed by atoms with Crippen LogP contribution >= 0.6 is 0 Å². The maximum atomic E-state index is 13.1. The number of benzene rings is 2. The van der Waals surface area contributed by atoms with Gasteiger partial charge in [0.25, 0.3) is 5.91 Å². The standard InChI is InChI=1S/C24H31NO4/c1-7-20(28-21-11-8-15(2)12-16(21)3)23(26)25-19-14-24(4,5)29-22-13-17(27-6)9-10-18(19)22/h8-13,19-20H,7,14H2,1-6H3,(H,25,26)/t19-,20+/m1/s1. The third kappa shape index (κ3) is 4.84. The highest BCUT2D eigenvalue weighted by Crippen LogP contribution is 2.41. The maximum Gasteiger partial charge on any atom is 0.261 e. The van der Waals surface area contributed by atoms with Gasteiger partial charge >= 0.3 is 0 Å². The van der Waals surface area contributed by atoms with Gasteiger partial charge in [-0.05, 0) is 57.9 Å². The molecule has 0 radical (unpaired) electrons. The van der Waals surface area contributed by atoms with Crippen LogP contribution in [0.5, 0.6) is 17.2 Å². The van der Waals surface area contributed by atoms with E-state index < -0.39 is 11.7 Å². The number of fused-ring (bicyclic) bond motifs is 1. The first-order valence-electron chi connectivity index (χ1n) is 10.1. The van der Waals surface area contributed by atoms with E-state index in [9.17, 15) is 4.79 Å². The fourth-order valence-corrected chi connectivity index (χ4v) is 3.76. The number of aryl methyl sites for hydroxylation is 2. The number of hydrogen-bond donors (Lipinski definition) is 1. The van der Waals surface area contributed by atoms with Crippen molar-refractivity contribution in [1.29, 1.82) is 0 Å². The van der Waals surface area contributed by atoms with Crippen molar-refractivity contribution in [3.05, 3.63) is 53.1 Å². The van der Waals surface area contributed by atoms with E-state index in [0.29, 0.717) is 12.8 Å². The second-order valence-corrected chi connectivity index (χ2v) is 8.31. The minimum atomic E-state index is -0.552. The van der Waals surface area contributed by atoms with Crippen molar-refractivity contribution in [2.24, 2.45) is 0 Å². The highest BCUT2D eigenvalue weighted by Gasteiger charge is 2.36. The molecular formula is C24H31NO4. The van der Waals surface area contributed by atoms with Crippen molar-refractivity contribution in [3.8, 4) is 17.2 Å². The molecule has 2 aromatic rings. The van der Waals surface area contributed by atoms with E-state index in [2.05, 4.69) is 11.4 Å². The van der Waals surface area contributed by atoms with Gasteiger partial charge in [0.05, 0.1) is 13.2 Å². The highest BCUT2D eigenvalue weighted by atomic mass is 16.5. The summed E-state index contributed by atoms with van der Waals surface area (Å²) < 4.78 is 17.5. The zero-order valence-electron chi connectivity index (χ0n) is 18.2. The van der Waals surface area contributed by atoms with Gasteiger partial charge in [-0.15, -0.1) is 0 Å². The maximum absolute atomic E-state index is 13.1. The first kappa shape index (κ1) is 21.0. The molecule has 2 aromatic carbocycles. The molecule has 5 nitrogen and oxygen atoms in total. The van der Waals surface area contributed by atoms with Crippen molar-refractivity contribution >= 4 is 5.91 Å². The van der Waals surface area contributed by atoms with E-state index in [0.717, 1.165) is 28.4 Å². The summed E-state index contributed by atoms with van der Waals surface area (Å²) in [5, 5.41) is 3.19. The number of carbonyl (C=O) groups is 1. The number of hydrogen-bond acceptors (Lipinski definition) is 4. The number of carbonyl (C=O) groups excluding carboxylic acids is 1. The van der Waals surface area contributed by atoms with E-state index in [-0.39, 0.29) is 11.9 Å². The molecule has 2 atom stereocenters. The molecule has 1 heterocycles. The van der Waals surface area contributed by atoms with E-state index >= 15 is 0 Å². The second-order valence-electron chi connectivity index (χ2n) is 8.31. The predicted molar refractivity (Wildman–Crippen MR) is 114 cm³/mol. The Hall–Kier alpha value is -2.69. The molecule has 3 rings (SSSR count). The van der Waals surface area contributed by atoms with Crippen molar-refractivity contribution in [2.45, 2.75) is 65.2 Å². The number of methoxy groups -OCH3 is 1. The Morgan fingerprint density at radius 2 is 2.00 bits per heavy atom. The lowest BCUT2D eigenvalue weighted by Crippen LogP contribution is -2.45. The lowest BCUT2D eigenvalue weighted by atomic mass is 9.89. The highest BCUT2D eigenvalue weighted by molar-refractivity contribution is 5.81. The van der Waals surface area contributed by atoms with Gasteiger partial charge in [0.2, 0.25) is 0 Å². The van der Waals surface area contributed by atoms with Crippen LogP contribution in [-0.4, -0.2) is 24.7 Å². The summed E-state index contributed by atoms with van der Waals surface area (Å²) in [4.78, 5) is 13.1. The van der Waals surface area contributed by atoms with Gasteiger partial charge < -0.3 is 19.5 Å². The molecule has 0 aromatic heterocycles. The molecule has 0 fully saturated rings. The summed E-state index contributed by atoms with van der Waals surface area (Å²) in [6.07, 6.45) is 0.711. The molecule has 1 N–H and O–H groups in total. The van der Waals surface area contributed by atoms with Gasteiger partial charge in [-0.1, -0.05) is 24.6 Å². The Morgan fingerprint density at radius 1 is 1.24 bits per heavy atom. The quantitative estimate of drug-likeness (QED) is 0.754. The molecule has 1 aliphatic rings. The van der Waals surface area contributed by atoms with Crippen LogP contribution in [0.2, 0.25) is 0 Å². The van der Waals surface area contributed by atoms with E-state index in [1.807, 2.05) is 65.0 Å². The van der Waals surface area contributed by atoms with Gasteiger partial charge in [-0.25, -0.2) is 0 Å². The van der Waals surface area contributed by atoms with Crippen LogP contribution < -0.4 is 19.5 Å². The van der Waals surface area contributed by atoms with Crippen LogP contribution in [0.15, 0.2) is 36.4 Å². The van der Waals surface area contributed by atoms with E-state index in [1.54, 1.807) is 7.11 Å². The van der Waals surface area contributed by atoms with Gasteiger partial charge in [0.15, 0.2) is 6.10 Å². The summed E-state index contributed by atoms with van der Waals surface area (Å²) in [6.45, 7) is 10.0. The SMILES string of the molecule is CC[C@H](Oc1ccc(C)cc1C)C(=O)N[C@@H]1CC(C)(C)Oc2cc(OC)ccc21. The zero-order chi connectivity index (χ0) is 21.2. The molecule has 156 valence electrons. The molecule has 1 aliphatic heterocycles. The van der Waals surface area contributed by atoms with Gasteiger partial charge in [0.1, 0.15) is 22.8 Å². The number of rotatable bonds is 6. The first-order chi connectivity index (χ1) is 13.7. The third-order valence-electron chi connectivity index (χ3n) is 5.26. The van der Waals surface area contributed by atoms with Crippen LogP contribution in [-0.2, 0) is 4.79 Å².